The molecule has 44 heavy (non-hydrogen) atoms. The van der Waals surface area contributed by atoms with Crippen LogP contribution in [0.2, 0.25) is 0 Å². The minimum Gasteiger partial charge on any atom is -0.0616 e. The Hall–Kier alpha value is -5.72. The molecule has 9 aromatic carbocycles. The molecule has 0 amide bonds. The van der Waals surface area contributed by atoms with Gasteiger partial charge in [0, 0.05) is 0 Å². The fourth-order valence-corrected chi connectivity index (χ4v) is 7.20. The third-order valence-electron chi connectivity index (χ3n) is 9.22. The van der Waals surface area contributed by atoms with Crippen molar-refractivity contribution in [2.24, 2.45) is 0 Å². The van der Waals surface area contributed by atoms with E-state index in [-0.39, 0.29) is 0 Å². The Morgan fingerprint density at radius 1 is 0.227 bits per heavy atom. The van der Waals surface area contributed by atoms with Gasteiger partial charge < -0.3 is 0 Å². The van der Waals surface area contributed by atoms with Crippen LogP contribution >= 0.6 is 0 Å². The van der Waals surface area contributed by atoms with Gasteiger partial charge in [-0.05, 0) is 99.4 Å². The lowest BCUT2D eigenvalue weighted by Gasteiger charge is -2.20. The van der Waals surface area contributed by atoms with Gasteiger partial charge in [0.25, 0.3) is 0 Å². The van der Waals surface area contributed by atoms with Crippen molar-refractivity contribution in [1.29, 1.82) is 0 Å². The topological polar surface area (TPSA) is 0 Å². The van der Waals surface area contributed by atoms with Crippen molar-refractivity contribution in [2.45, 2.75) is 0 Å². The summed E-state index contributed by atoms with van der Waals surface area (Å²) in [7, 11) is 0. The summed E-state index contributed by atoms with van der Waals surface area (Å²) in [6, 6.07) is 62.4. The summed E-state index contributed by atoms with van der Waals surface area (Å²) >= 11 is 0. The van der Waals surface area contributed by atoms with Crippen LogP contribution in [-0.2, 0) is 0 Å². The lowest BCUT2D eigenvalue weighted by Crippen LogP contribution is -1.92. The van der Waals surface area contributed by atoms with Crippen molar-refractivity contribution in [3.8, 4) is 33.4 Å². The Morgan fingerprint density at radius 3 is 1.18 bits per heavy atom. The molecule has 0 spiro atoms. The van der Waals surface area contributed by atoms with Gasteiger partial charge in [-0.2, -0.15) is 0 Å². The lowest BCUT2D eigenvalue weighted by molar-refractivity contribution is 1.66. The molecule has 0 atom stereocenters. The SMILES string of the molecule is c1ccc2cc(-c3ccc(-c4c5ccccc5c(-c5ccc6ccccc6c5)c5ccccc45)c4ccccc34)ccc2c1. The van der Waals surface area contributed by atoms with E-state index in [2.05, 4.69) is 170 Å². The first kappa shape index (κ1) is 24.8. The smallest absolute Gasteiger partial charge is 0.00201 e. The Bertz CT molecular complexity index is 2490. The van der Waals surface area contributed by atoms with E-state index in [1.165, 1.54) is 87.2 Å². The minimum atomic E-state index is 1.24. The molecule has 0 aliphatic carbocycles. The van der Waals surface area contributed by atoms with E-state index >= 15 is 0 Å². The number of fused-ring (bicyclic) bond motifs is 5. The van der Waals surface area contributed by atoms with E-state index in [1.807, 2.05) is 0 Å². The van der Waals surface area contributed by atoms with Crippen LogP contribution in [0.3, 0.4) is 0 Å². The zero-order valence-corrected chi connectivity index (χ0v) is 24.2. The summed E-state index contributed by atoms with van der Waals surface area (Å²) in [5.74, 6) is 0. The molecule has 0 bridgehead atoms. The van der Waals surface area contributed by atoms with Crippen LogP contribution in [-0.4, -0.2) is 0 Å². The van der Waals surface area contributed by atoms with Gasteiger partial charge in [-0.3, -0.25) is 0 Å². The van der Waals surface area contributed by atoms with Crippen LogP contribution in [0.15, 0.2) is 170 Å². The van der Waals surface area contributed by atoms with Crippen molar-refractivity contribution in [1.82, 2.24) is 0 Å². The maximum Gasteiger partial charge on any atom is -0.00201 e. The van der Waals surface area contributed by atoms with Gasteiger partial charge in [-0.15, -0.1) is 0 Å². The van der Waals surface area contributed by atoms with Gasteiger partial charge in [0.05, 0.1) is 0 Å². The van der Waals surface area contributed by atoms with Crippen molar-refractivity contribution in [2.75, 3.05) is 0 Å². The maximum absolute atomic E-state index is 2.34. The molecule has 0 heteroatoms. The molecule has 9 aromatic rings. The Labute approximate surface area is 256 Å². The molecule has 0 saturated heterocycles. The molecule has 0 radical (unpaired) electrons. The quantitative estimate of drug-likeness (QED) is 0.190. The molecule has 0 heterocycles. The summed E-state index contributed by atoms with van der Waals surface area (Å²) in [6.07, 6.45) is 0. The summed E-state index contributed by atoms with van der Waals surface area (Å²) in [5.41, 5.74) is 7.61. The van der Waals surface area contributed by atoms with Crippen LogP contribution in [0, 0.1) is 0 Å². The fraction of sp³-hybridized carbons (Fsp3) is 0. The third-order valence-corrected chi connectivity index (χ3v) is 9.22. The lowest BCUT2D eigenvalue weighted by atomic mass is 9.83. The van der Waals surface area contributed by atoms with Gasteiger partial charge in [0.15, 0.2) is 0 Å². The van der Waals surface area contributed by atoms with Crippen molar-refractivity contribution in [3.63, 3.8) is 0 Å². The van der Waals surface area contributed by atoms with Crippen LogP contribution < -0.4 is 0 Å². The molecule has 0 aromatic heterocycles. The Morgan fingerprint density at radius 2 is 0.614 bits per heavy atom. The minimum absolute atomic E-state index is 1.24. The Balaban J connectivity index is 1.34. The molecule has 0 aliphatic rings. The summed E-state index contributed by atoms with van der Waals surface area (Å²) < 4.78 is 0. The maximum atomic E-state index is 2.34. The highest BCUT2D eigenvalue weighted by molar-refractivity contribution is 6.24. The van der Waals surface area contributed by atoms with Gasteiger partial charge in [0.1, 0.15) is 0 Å². The number of rotatable bonds is 3. The van der Waals surface area contributed by atoms with E-state index in [0.29, 0.717) is 0 Å². The predicted molar refractivity (Wildman–Crippen MR) is 190 cm³/mol. The van der Waals surface area contributed by atoms with E-state index in [9.17, 15) is 0 Å². The van der Waals surface area contributed by atoms with Crippen molar-refractivity contribution in [3.05, 3.63) is 170 Å². The molecular weight excluding hydrogens is 528 g/mol. The van der Waals surface area contributed by atoms with Crippen LogP contribution in [0.5, 0.6) is 0 Å². The van der Waals surface area contributed by atoms with E-state index in [4.69, 9.17) is 0 Å². The second kappa shape index (κ2) is 9.93. The first-order valence-electron chi connectivity index (χ1n) is 15.3. The first-order chi connectivity index (χ1) is 21.8. The van der Waals surface area contributed by atoms with Gasteiger partial charge >= 0.3 is 0 Å². The predicted octanol–water partition coefficient (Wildman–Crippen LogP) is 12.5. The monoisotopic (exact) mass is 556 g/mol. The van der Waals surface area contributed by atoms with Gasteiger partial charge in [0.2, 0.25) is 0 Å². The highest BCUT2D eigenvalue weighted by Gasteiger charge is 2.19. The van der Waals surface area contributed by atoms with E-state index < -0.39 is 0 Å². The molecule has 0 aliphatic heterocycles. The number of benzene rings is 9. The van der Waals surface area contributed by atoms with Crippen LogP contribution in [0.1, 0.15) is 0 Å². The molecule has 0 nitrogen and oxygen atoms in total. The normalized spacial score (nSPS) is 11.6. The summed E-state index contributed by atoms with van der Waals surface area (Å²) in [5, 5.41) is 12.7. The van der Waals surface area contributed by atoms with Crippen molar-refractivity contribution < 1.29 is 0 Å². The molecule has 9 rings (SSSR count). The molecule has 0 fully saturated rings. The third kappa shape index (κ3) is 3.85. The molecule has 0 saturated carbocycles. The van der Waals surface area contributed by atoms with E-state index in [1.54, 1.807) is 0 Å². The van der Waals surface area contributed by atoms with Gasteiger partial charge in [-0.25, -0.2) is 0 Å². The fourth-order valence-electron chi connectivity index (χ4n) is 7.20. The second-order valence-corrected chi connectivity index (χ2v) is 11.7. The standard InChI is InChI=1S/C44H28/c1-3-13-31-27-33(23-21-29(31)11-1)35-25-26-42(37-16-6-5-15-36(35)37)44-40-19-9-7-17-38(40)43(39-18-8-10-20-41(39)44)34-24-22-30-12-2-4-14-32(30)28-34/h1-28H. The highest BCUT2D eigenvalue weighted by Crippen LogP contribution is 2.46. The molecule has 0 unspecified atom stereocenters. The average molecular weight is 557 g/mol. The Kier molecular flexibility index (Phi) is 5.61. The molecular formula is C44H28. The highest BCUT2D eigenvalue weighted by atomic mass is 14.2. The van der Waals surface area contributed by atoms with Crippen LogP contribution in [0.25, 0.3) is 87.2 Å². The van der Waals surface area contributed by atoms with E-state index in [0.717, 1.165) is 0 Å². The first-order valence-corrected chi connectivity index (χ1v) is 15.3. The van der Waals surface area contributed by atoms with Crippen molar-refractivity contribution >= 4 is 53.9 Å². The zero-order chi connectivity index (χ0) is 29.0. The van der Waals surface area contributed by atoms with Gasteiger partial charge in [-0.1, -0.05) is 158 Å². The van der Waals surface area contributed by atoms with Crippen LogP contribution in [0.4, 0.5) is 0 Å². The number of hydrogen-bond acceptors (Lipinski definition) is 0. The zero-order valence-electron chi connectivity index (χ0n) is 24.2. The summed E-state index contributed by atoms with van der Waals surface area (Å²) in [4.78, 5) is 0. The largest absolute Gasteiger partial charge is 0.0616 e. The average Bonchev–Trinajstić information content (AvgIpc) is 3.10. The molecule has 204 valence electrons. The second-order valence-electron chi connectivity index (χ2n) is 11.7. The molecule has 0 N–H and O–H groups in total. The summed E-state index contributed by atoms with van der Waals surface area (Å²) in [6.45, 7) is 0. The number of hydrogen-bond donors (Lipinski definition) is 0.